The summed E-state index contributed by atoms with van der Waals surface area (Å²) in [5.41, 5.74) is 0.850. The maximum atomic E-state index is 12.5. The van der Waals surface area contributed by atoms with Crippen LogP contribution in [0.4, 0.5) is 0 Å². The number of amides is 2. The highest BCUT2D eigenvalue weighted by molar-refractivity contribution is 5.98. The van der Waals surface area contributed by atoms with E-state index in [4.69, 9.17) is 4.74 Å². The molecule has 2 heterocycles. The van der Waals surface area contributed by atoms with Crippen LogP contribution in [0, 0.1) is 0 Å². The fraction of sp³-hybridized carbons (Fsp3) is 0.300. The van der Waals surface area contributed by atoms with Crippen molar-refractivity contribution < 1.29 is 14.3 Å². The number of rotatable bonds is 2. The second kappa shape index (κ2) is 6.24. The Bertz CT molecular complexity index is 806. The molecule has 1 spiro atoms. The lowest BCUT2D eigenvalue weighted by atomic mass is 10.0. The van der Waals surface area contributed by atoms with Crippen molar-refractivity contribution in [3.05, 3.63) is 65.7 Å². The SMILES string of the molecule is O=C1N[C@@]2(CCC(=O)N(Cc3ccccc3)CC2)Oc2ccccc21. The fourth-order valence-corrected chi connectivity index (χ4v) is 3.48. The summed E-state index contributed by atoms with van der Waals surface area (Å²) in [5.74, 6) is 0.554. The van der Waals surface area contributed by atoms with Crippen molar-refractivity contribution in [1.82, 2.24) is 10.2 Å². The van der Waals surface area contributed by atoms with E-state index in [1.54, 1.807) is 6.07 Å². The first kappa shape index (κ1) is 15.7. The summed E-state index contributed by atoms with van der Waals surface area (Å²) in [6.07, 6.45) is 1.41. The standard InChI is InChI=1S/C20H20N2O3/c23-18-10-11-20(12-13-22(18)14-15-6-2-1-3-7-15)21-19(24)16-8-4-5-9-17(16)25-20/h1-9H,10-14H2,(H,21,24)/t20-/m0/s1. The average molecular weight is 336 g/mol. The maximum absolute atomic E-state index is 12.5. The summed E-state index contributed by atoms with van der Waals surface area (Å²) < 4.78 is 6.15. The van der Waals surface area contributed by atoms with Crippen molar-refractivity contribution in [1.29, 1.82) is 0 Å². The predicted molar refractivity (Wildman–Crippen MR) is 93.0 cm³/mol. The predicted octanol–water partition coefficient (Wildman–Crippen LogP) is 2.72. The van der Waals surface area contributed by atoms with Crippen molar-refractivity contribution in [3.8, 4) is 5.75 Å². The van der Waals surface area contributed by atoms with Gasteiger partial charge in [0.15, 0.2) is 5.72 Å². The maximum Gasteiger partial charge on any atom is 0.258 e. The van der Waals surface area contributed by atoms with Crippen LogP contribution in [0.25, 0.3) is 0 Å². The van der Waals surface area contributed by atoms with E-state index >= 15 is 0 Å². The van der Waals surface area contributed by atoms with Gasteiger partial charge in [-0.2, -0.15) is 0 Å². The molecule has 5 heteroatoms. The van der Waals surface area contributed by atoms with Crippen LogP contribution in [0.3, 0.4) is 0 Å². The van der Waals surface area contributed by atoms with E-state index in [0.717, 1.165) is 5.56 Å². The van der Waals surface area contributed by atoms with Gasteiger partial charge in [-0.3, -0.25) is 9.59 Å². The number of hydrogen-bond acceptors (Lipinski definition) is 3. The minimum Gasteiger partial charge on any atom is -0.467 e. The number of fused-ring (bicyclic) bond motifs is 1. The Morgan fingerprint density at radius 2 is 1.76 bits per heavy atom. The van der Waals surface area contributed by atoms with Gasteiger partial charge in [0.05, 0.1) is 5.56 Å². The van der Waals surface area contributed by atoms with Gasteiger partial charge in [0.25, 0.3) is 5.91 Å². The van der Waals surface area contributed by atoms with Gasteiger partial charge in [0.1, 0.15) is 5.75 Å². The van der Waals surface area contributed by atoms with Gasteiger partial charge in [0, 0.05) is 32.4 Å². The molecular weight excluding hydrogens is 316 g/mol. The summed E-state index contributed by atoms with van der Waals surface area (Å²) in [4.78, 5) is 26.8. The molecule has 5 nitrogen and oxygen atoms in total. The van der Waals surface area contributed by atoms with Crippen molar-refractivity contribution in [2.45, 2.75) is 31.5 Å². The number of hydrogen-bond donors (Lipinski definition) is 1. The molecule has 1 atom stereocenters. The van der Waals surface area contributed by atoms with E-state index in [-0.39, 0.29) is 11.8 Å². The number of benzene rings is 2. The Hall–Kier alpha value is -2.82. The van der Waals surface area contributed by atoms with Crippen molar-refractivity contribution in [2.75, 3.05) is 6.54 Å². The molecule has 25 heavy (non-hydrogen) atoms. The second-order valence-electron chi connectivity index (χ2n) is 6.60. The Morgan fingerprint density at radius 3 is 2.60 bits per heavy atom. The highest BCUT2D eigenvalue weighted by Crippen LogP contribution is 2.33. The quantitative estimate of drug-likeness (QED) is 0.917. The first-order chi connectivity index (χ1) is 12.2. The van der Waals surface area contributed by atoms with Crippen molar-refractivity contribution >= 4 is 11.8 Å². The van der Waals surface area contributed by atoms with Gasteiger partial charge in [0.2, 0.25) is 5.91 Å². The zero-order chi connectivity index (χ0) is 17.3. The van der Waals surface area contributed by atoms with Crippen molar-refractivity contribution in [3.63, 3.8) is 0 Å². The van der Waals surface area contributed by atoms with Gasteiger partial charge in [-0.05, 0) is 17.7 Å². The van der Waals surface area contributed by atoms with E-state index < -0.39 is 5.72 Å². The van der Waals surface area contributed by atoms with Crippen LogP contribution >= 0.6 is 0 Å². The van der Waals surface area contributed by atoms with Crippen LogP contribution in [0.1, 0.15) is 35.2 Å². The van der Waals surface area contributed by atoms with Gasteiger partial charge in [-0.25, -0.2) is 0 Å². The molecule has 1 N–H and O–H groups in total. The molecule has 0 unspecified atom stereocenters. The lowest BCUT2D eigenvalue weighted by Gasteiger charge is -2.38. The van der Waals surface area contributed by atoms with E-state index in [2.05, 4.69) is 5.32 Å². The normalized spacial score (nSPS) is 22.8. The number of ether oxygens (including phenoxy) is 1. The molecule has 1 saturated heterocycles. The second-order valence-corrected chi connectivity index (χ2v) is 6.60. The molecule has 4 rings (SSSR count). The largest absolute Gasteiger partial charge is 0.467 e. The molecule has 2 aliphatic rings. The topological polar surface area (TPSA) is 58.6 Å². The monoisotopic (exact) mass is 336 g/mol. The van der Waals surface area contributed by atoms with Crippen LogP contribution in [0.15, 0.2) is 54.6 Å². The van der Waals surface area contributed by atoms with E-state index in [1.165, 1.54) is 0 Å². The molecule has 2 aliphatic heterocycles. The molecule has 0 aromatic heterocycles. The Kier molecular flexibility index (Phi) is 3.92. The van der Waals surface area contributed by atoms with Gasteiger partial charge >= 0.3 is 0 Å². The highest BCUT2D eigenvalue weighted by atomic mass is 16.5. The molecule has 0 radical (unpaired) electrons. The van der Waals surface area contributed by atoms with Crippen LogP contribution < -0.4 is 10.1 Å². The smallest absolute Gasteiger partial charge is 0.258 e. The molecule has 0 saturated carbocycles. The molecule has 2 aromatic rings. The van der Waals surface area contributed by atoms with E-state index in [1.807, 2.05) is 53.4 Å². The highest BCUT2D eigenvalue weighted by Gasteiger charge is 2.42. The number of likely N-dealkylation sites (tertiary alicyclic amines) is 1. The number of nitrogens with zero attached hydrogens (tertiary/aromatic N) is 1. The number of nitrogens with one attached hydrogen (secondary N) is 1. The van der Waals surface area contributed by atoms with Gasteiger partial charge < -0.3 is 15.0 Å². The van der Waals surface area contributed by atoms with Crippen LogP contribution in [-0.2, 0) is 11.3 Å². The summed E-state index contributed by atoms with van der Waals surface area (Å²) in [6.45, 7) is 1.14. The Labute approximate surface area is 146 Å². The molecule has 0 bridgehead atoms. The molecule has 128 valence electrons. The first-order valence-corrected chi connectivity index (χ1v) is 8.57. The first-order valence-electron chi connectivity index (χ1n) is 8.57. The molecule has 0 aliphatic carbocycles. The summed E-state index contributed by atoms with van der Waals surface area (Å²) in [7, 11) is 0. The van der Waals surface area contributed by atoms with Crippen LogP contribution in [-0.4, -0.2) is 29.0 Å². The number of carbonyl (C=O) groups is 2. The zero-order valence-corrected chi connectivity index (χ0v) is 13.9. The van der Waals surface area contributed by atoms with Crippen LogP contribution in [0.5, 0.6) is 5.75 Å². The third-order valence-electron chi connectivity index (χ3n) is 4.88. The van der Waals surface area contributed by atoms with Crippen molar-refractivity contribution in [2.24, 2.45) is 0 Å². The van der Waals surface area contributed by atoms with Crippen LogP contribution in [0.2, 0.25) is 0 Å². The minimum atomic E-state index is -0.799. The summed E-state index contributed by atoms with van der Waals surface area (Å²) >= 11 is 0. The lowest BCUT2D eigenvalue weighted by molar-refractivity contribution is -0.131. The summed E-state index contributed by atoms with van der Waals surface area (Å²) in [6, 6.07) is 17.2. The molecule has 2 aromatic carbocycles. The van der Waals surface area contributed by atoms with Gasteiger partial charge in [-0.15, -0.1) is 0 Å². The fourth-order valence-electron chi connectivity index (χ4n) is 3.48. The van der Waals surface area contributed by atoms with E-state index in [0.29, 0.717) is 43.7 Å². The minimum absolute atomic E-state index is 0.0948. The average Bonchev–Trinajstić information content (AvgIpc) is 2.77. The third-order valence-corrected chi connectivity index (χ3v) is 4.88. The number of para-hydroxylation sites is 1. The molecule has 1 fully saturated rings. The molecule has 2 amide bonds. The third kappa shape index (κ3) is 3.09. The molecular formula is C20H20N2O3. The zero-order valence-electron chi connectivity index (χ0n) is 13.9. The lowest BCUT2D eigenvalue weighted by Crippen LogP contribution is -2.56. The number of carbonyl (C=O) groups excluding carboxylic acids is 2. The Morgan fingerprint density at radius 1 is 1.00 bits per heavy atom. The summed E-state index contributed by atoms with van der Waals surface area (Å²) in [5, 5.41) is 2.99. The van der Waals surface area contributed by atoms with Gasteiger partial charge in [-0.1, -0.05) is 42.5 Å². The Balaban J connectivity index is 1.53. The van der Waals surface area contributed by atoms with E-state index in [9.17, 15) is 9.59 Å².